The summed E-state index contributed by atoms with van der Waals surface area (Å²) < 4.78 is 0. The molecule has 1 aromatic carbocycles. The van der Waals surface area contributed by atoms with Crippen molar-refractivity contribution in [3.05, 3.63) is 23.8 Å². The van der Waals surface area contributed by atoms with Gasteiger partial charge in [0.2, 0.25) is 5.91 Å². The number of hydrogen-bond donors (Lipinski definition) is 3. The number of carbonyl (C=O) groups excluding carboxylic acids is 2. The van der Waals surface area contributed by atoms with E-state index in [1.807, 2.05) is 0 Å². The molecule has 1 aliphatic heterocycles. The molecule has 1 aliphatic rings. The van der Waals surface area contributed by atoms with E-state index < -0.39 is 6.04 Å². The van der Waals surface area contributed by atoms with Crippen LogP contribution in [-0.4, -0.2) is 17.9 Å². The average Bonchev–Trinajstić information content (AvgIpc) is 2.28. The number of benzene rings is 1. The quantitative estimate of drug-likeness (QED) is 0.534. The molecular formula is C10H11N3O2. The van der Waals surface area contributed by atoms with Crippen LogP contribution in [0.3, 0.4) is 0 Å². The van der Waals surface area contributed by atoms with Crippen molar-refractivity contribution in [3.8, 4) is 0 Å². The lowest BCUT2D eigenvalue weighted by molar-refractivity contribution is -0.117. The SMILES string of the molecule is C[C@@H]1NC(=O)c2cc(N)ccc2NC1=O. The van der Waals surface area contributed by atoms with Gasteiger partial charge in [0.15, 0.2) is 0 Å². The maximum absolute atomic E-state index is 11.7. The first-order valence-corrected chi connectivity index (χ1v) is 4.59. The van der Waals surface area contributed by atoms with Gasteiger partial charge in [0.1, 0.15) is 6.04 Å². The number of rotatable bonds is 0. The Morgan fingerprint density at radius 2 is 2.07 bits per heavy atom. The molecule has 78 valence electrons. The number of amides is 2. The molecule has 0 aromatic heterocycles. The van der Waals surface area contributed by atoms with Crippen LogP contribution in [-0.2, 0) is 4.79 Å². The number of nitrogens with one attached hydrogen (secondary N) is 2. The molecule has 5 heteroatoms. The van der Waals surface area contributed by atoms with E-state index in [1.165, 1.54) is 0 Å². The first kappa shape index (κ1) is 9.51. The van der Waals surface area contributed by atoms with Crippen LogP contribution in [0.2, 0.25) is 0 Å². The highest BCUT2D eigenvalue weighted by atomic mass is 16.2. The monoisotopic (exact) mass is 205 g/mol. The van der Waals surface area contributed by atoms with Gasteiger partial charge in [0.05, 0.1) is 11.3 Å². The van der Waals surface area contributed by atoms with Crippen LogP contribution in [0.15, 0.2) is 18.2 Å². The molecule has 2 amide bonds. The first-order chi connectivity index (χ1) is 7.08. The van der Waals surface area contributed by atoms with Gasteiger partial charge in [-0.25, -0.2) is 0 Å². The van der Waals surface area contributed by atoms with E-state index in [4.69, 9.17) is 5.73 Å². The Hall–Kier alpha value is -2.04. The van der Waals surface area contributed by atoms with Crippen molar-refractivity contribution in [2.75, 3.05) is 11.1 Å². The molecule has 0 aliphatic carbocycles. The summed E-state index contributed by atoms with van der Waals surface area (Å²) in [7, 11) is 0. The van der Waals surface area contributed by atoms with E-state index in [0.717, 1.165) is 0 Å². The zero-order chi connectivity index (χ0) is 11.0. The molecule has 0 saturated heterocycles. The highest BCUT2D eigenvalue weighted by Gasteiger charge is 2.24. The van der Waals surface area contributed by atoms with Crippen molar-refractivity contribution in [2.24, 2.45) is 0 Å². The normalized spacial score (nSPS) is 19.9. The van der Waals surface area contributed by atoms with Crippen LogP contribution in [0.1, 0.15) is 17.3 Å². The smallest absolute Gasteiger partial charge is 0.254 e. The summed E-state index contributed by atoms with van der Waals surface area (Å²) in [4.78, 5) is 23.1. The lowest BCUT2D eigenvalue weighted by atomic mass is 10.1. The molecule has 2 rings (SSSR count). The zero-order valence-electron chi connectivity index (χ0n) is 8.20. The Labute approximate surface area is 86.6 Å². The minimum Gasteiger partial charge on any atom is -0.399 e. The number of nitrogens with two attached hydrogens (primary N) is 1. The predicted molar refractivity (Wildman–Crippen MR) is 56.4 cm³/mol. The third-order valence-electron chi connectivity index (χ3n) is 2.29. The van der Waals surface area contributed by atoms with Gasteiger partial charge < -0.3 is 16.4 Å². The molecule has 0 unspecified atom stereocenters. The van der Waals surface area contributed by atoms with Crippen molar-refractivity contribution in [1.29, 1.82) is 0 Å². The van der Waals surface area contributed by atoms with E-state index in [0.29, 0.717) is 16.9 Å². The summed E-state index contributed by atoms with van der Waals surface area (Å²) in [5, 5.41) is 5.22. The van der Waals surface area contributed by atoms with Gasteiger partial charge >= 0.3 is 0 Å². The van der Waals surface area contributed by atoms with Gasteiger partial charge in [-0.3, -0.25) is 9.59 Å². The fraction of sp³-hybridized carbons (Fsp3) is 0.200. The van der Waals surface area contributed by atoms with Crippen molar-refractivity contribution < 1.29 is 9.59 Å². The van der Waals surface area contributed by atoms with Crippen molar-refractivity contribution in [2.45, 2.75) is 13.0 Å². The molecule has 0 spiro atoms. The second kappa shape index (κ2) is 3.27. The topological polar surface area (TPSA) is 84.2 Å². The van der Waals surface area contributed by atoms with Crippen LogP contribution in [0.5, 0.6) is 0 Å². The Bertz CT molecular complexity index is 442. The molecule has 1 aromatic rings. The van der Waals surface area contributed by atoms with Gasteiger partial charge in [0, 0.05) is 5.69 Å². The number of anilines is 2. The molecule has 0 saturated carbocycles. The maximum atomic E-state index is 11.7. The molecular weight excluding hydrogens is 194 g/mol. The fourth-order valence-corrected chi connectivity index (χ4v) is 1.44. The standard InChI is InChI=1S/C10H11N3O2/c1-5-9(14)13-8-3-2-6(11)4-7(8)10(15)12-5/h2-5H,11H2,1H3,(H,12,15)(H,13,14)/t5-/m0/s1. The number of hydrogen-bond acceptors (Lipinski definition) is 3. The van der Waals surface area contributed by atoms with Gasteiger partial charge in [0.25, 0.3) is 5.91 Å². The molecule has 15 heavy (non-hydrogen) atoms. The summed E-state index contributed by atoms with van der Waals surface area (Å²) in [6, 6.07) is 4.28. The number of nitrogen functional groups attached to an aromatic ring is 1. The van der Waals surface area contributed by atoms with Crippen LogP contribution in [0.4, 0.5) is 11.4 Å². The third-order valence-corrected chi connectivity index (χ3v) is 2.29. The summed E-state index contributed by atoms with van der Waals surface area (Å²) in [5.74, 6) is -0.518. The number of fused-ring (bicyclic) bond motifs is 1. The van der Waals surface area contributed by atoms with Crippen molar-refractivity contribution >= 4 is 23.2 Å². The second-order valence-corrected chi connectivity index (χ2v) is 3.49. The maximum Gasteiger partial charge on any atom is 0.254 e. The minimum absolute atomic E-state index is 0.230. The van der Waals surface area contributed by atoms with E-state index in [2.05, 4.69) is 10.6 Å². The lowest BCUT2D eigenvalue weighted by Crippen LogP contribution is -2.38. The van der Waals surface area contributed by atoms with Crippen LogP contribution in [0.25, 0.3) is 0 Å². The summed E-state index contributed by atoms with van der Waals surface area (Å²) >= 11 is 0. The van der Waals surface area contributed by atoms with Crippen LogP contribution < -0.4 is 16.4 Å². The summed E-state index contributed by atoms with van der Waals surface area (Å²) in [6.45, 7) is 1.63. The third kappa shape index (κ3) is 1.63. The van der Waals surface area contributed by atoms with E-state index in [-0.39, 0.29) is 11.8 Å². The largest absolute Gasteiger partial charge is 0.399 e. The highest BCUT2D eigenvalue weighted by molar-refractivity contribution is 6.10. The molecule has 4 N–H and O–H groups in total. The molecule has 0 bridgehead atoms. The Morgan fingerprint density at radius 3 is 2.80 bits per heavy atom. The molecule has 0 fully saturated rings. The second-order valence-electron chi connectivity index (χ2n) is 3.49. The lowest BCUT2D eigenvalue weighted by Gasteiger charge is -2.06. The number of carbonyl (C=O) groups is 2. The Kier molecular flexibility index (Phi) is 2.07. The summed E-state index contributed by atoms with van der Waals surface area (Å²) in [6.07, 6.45) is 0. The van der Waals surface area contributed by atoms with Crippen molar-refractivity contribution in [1.82, 2.24) is 5.32 Å². The predicted octanol–water partition coefficient (Wildman–Crippen LogP) is 0.339. The molecule has 1 heterocycles. The minimum atomic E-state index is -0.536. The summed E-state index contributed by atoms with van der Waals surface area (Å²) in [5.41, 5.74) is 6.96. The van der Waals surface area contributed by atoms with E-state index in [1.54, 1.807) is 25.1 Å². The Balaban J connectivity index is 2.51. The Morgan fingerprint density at radius 1 is 1.33 bits per heavy atom. The van der Waals surface area contributed by atoms with E-state index >= 15 is 0 Å². The van der Waals surface area contributed by atoms with Gasteiger partial charge in [-0.1, -0.05) is 0 Å². The first-order valence-electron chi connectivity index (χ1n) is 4.59. The molecule has 1 atom stereocenters. The zero-order valence-corrected chi connectivity index (χ0v) is 8.20. The highest BCUT2D eigenvalue weighted by Crippen LogP contribution is 2.21. The fourth-order valence-electron chi connectivity index (χ4n) is 1.44. The van der Waals surface area contributed by atoms with E-state index in [9.17, 15) is 9.59 Å². The molecule has 5 nitrogen and oxygen atoms in total. The van der Waals surface area contributed by atoms with Crippen LogP contribution in [0, 0.1) is 0 Å². The van der Waals surface area contributed by atoms with Gasteiger partial charge in [-0.2, -0.15) is 0 Å². The van der Waals surface area contributed by atoms with Crippen LogP contribution >= 0.6 is 0 Å². The molecule has 0 radical (unpaired) electrons. The van der Waals surface area contributed by atoms with Gasteiger partial charge in [-0.05, 0) is 25.1 Å². The van der Waals surface area contributed by atoms with Gasteiger partial charge in [-0.15, -0.1) is 0 Å². The van der Waals surface area contributed by atoms with Crippen molar-refractivity contribution in [3.63, 3.8) is 0 Å². The average molecular weight is 205 g/mol.